The van der Waals surface area contributed by atoms with E-state index in [-0.39, 0.29) is 11.9 Å². The molecule has 4 rings (SSSR count). The minimum atomic E-state index is -0.0318. The van der Waals surface area contributed by atoms with Crippen LogP contribution in [0.1, 0.15) is 51.9 Å². The Labute approximate surface area is 116 Å². The van der Waals surface area contributed by atoms with Gasteiger partial charge in [0.15, 0.2) is 0 Å². The fourth-order valence-corrected chi connectivity index (χ4v) is 5.56. The van der Waals surface area contributed by atoms with E-state index in [4.69, 9.17) is 4.74 Å². The smallest absolute Gasteiger partial charge is 0.308 e. The van der Waals surface area contributed by atoms with Crippen molar-refractivity contribution in [2.24, 2.45) is 29.1 Å². The fourth-order valence-electron chi connectivity index (χ4n) is 5.56. The van der Waals surface area contributed by atoms with Gasteiger partial charge in [-0.2, -0.15) is 0 Å². The lowest BCUT2D eigenvalue weighted by Crippen LogP contribution is -2.47. The summed E-state index contributed by atoms with van der Waals surface area (Å²) >= 11 is 0. The highest BCUT2D eigenvalue weighted by Gasteiger charge is 2.51. The highest BCUT2D eigenvalue weighted by atomic mass is 16.5. The maximum absolute atomic E-state index is 12.0. The van der Waals surface area contributed by atoms with Crippen molar-refractivity contribution in [3.8, 4) is 0 Å². The SMILES string of the molecule is C=CCOC(=O)C(C)CC12CC3CC(CC(C3)C1)C2. The quantitative estimate of drug-likeness (QED) is 0.554. The predicted octanol–water partition coefficient (Wildman–Crippen LogP) is 3.96. The molecular weight excluding hydrogens is 236 g/mol. The van der Waals surface area contributed by atoms with Crippen molar-refractivity contribution in [3.05, 3.63) is 12.7 Å². The maximum Gasteiger partial charge on any atom is 0.308 e. The molecule has 2 nitrogen and oxygen atoms in total. The van der Waals surface area contributed by atoms with Gasteiger partial charge in [0.05, 0.1) is 5.92 Å². The minimum Gasteiger partial charge on any atom is -0.461 e. The average Bonchev–Trinajstić information content (AvgIpc) is 2.33. The largest absolute Gasteiger partial charge is 0.461 e. The Morgan fingerprint density at radius 1 is 1.26 bits per heavy atom. The number of ether oxygens (including phenoxy) is 1. The minimum absolute atomic E-state index is 0.0318. The van der Waals surface area contributed by atoms with E-state index < -0.39 is 0 Å². The first-order valence-corrected chi connectivity index (χ1v) is 7.88. The first-order chi connectivity index (χ1) is 9.10. The van der Waals surface area contributed by atoms with E-state index >= 15 is 0 Å². The predicted molar refractivity (Wildman–Crippen MR) is 75.5 cm³/mol. The summed E-state index contributed by atoms with van der Waals surface area (Å²) in [6, 6.07) is 0. The molecule has 0 amide bonds. The molecule has 0 heterocycles. The van der Waals surface area contributed by atoms with Crippen LogP contribution in [-0.4, -0.2) is 12.6 Å². The van der Waals surface area contributed by atoms with Crippen LogP contribution in [0.15, 0.2) is 12.7 Å². The van der Waals surface area contributed by atoms with Gasteiger partial charge < -0.3 is 4.74 Å². The molecule has 4 saturated carbocycles. The van der Waals surface area contributed by atoms with Crippen LogP contribution in [-0.2, 0) is 9.53 Å². The standard InChI is InChI=1S/C17H26O2/c1-3-4-19-16(18)12(2)8-17-9-13-5-14(10-17)7-15(6-13)11-17/h3,12-15H,1,4-11H2,2H3. The van der Waals surface area contributed by atoms with Crippen LogP contribution in [0.2, 0.25) is 0 Å². The Hall–Kier alpha value is -0.790. The lowest BCUT2D eigenvalue weighted by atomic mass is 9.48. The molecule has 4 bridgehead atoms. The van der Waals surface area contributed by atoms with Gasteiger partial charge in [-0.3, -0.25) is 4.79 Å². The zero-order chi connectivity index (χ0) is 13.5. The molecule has 106 valence electrons. The van der Waals surface area contributed by atoms with Crippen LogP contribution in [0.5, 0.6) is 0 Å². The molecule has 1 unspecified atom stereocenters. The van der Waals surface area contributed by atoms with Gasteiger partial charge in [0.25, 0.3) is 0 Å². The van der Waals surface area contributed by atoms with Crippen molar-refractivity contribution >= 4 is 5.97 Å². The number of carbonyl (C=O) groups is 1. The second-order valence-electron chi connectivity index (χ2n) is 7.44. The topological polar surface area (TPSA) is 26.3 Å². The summed E-state index contributed by atoms with van der Waals surface area (Å²) in [5, 5.41) is 0. The molecule has 4 aliphatic rings. The monoisotopic (exact) mass is 262 g/mol. The zero-order valence-corrected chi connectivity index (χ0v) is 12.1. The molecule has 0 radical (unpaired) electrons. The molecule has 4 aliphatic carbocycles. The Balaban J connectivity index is 1.62. The third-order valence-corrected chi connectivity index (χ3v) is 5.65. The van der Waals surface area contributed by atoms with E-state index in [1.807, 2.05) is 6.92 Å². The highest BCUT2D eigenvalue weighted by Crippen LogP contribution is 2.62. The lowest BCUT2D eigenvalue weighted by molar-refractivity contribution is -0.150. The fraction of sp³-hybridized carbons (Fsp3) is 0.824. The van der Waals surface area contributed by atoms with E-state index in [1.54, 1.807) is 6.08 Å². The van der Waals surface area contributed by atoms with E-state index in [0.717, 1.165) is 24.2 Å². The van der Waals surface area contributed by atoms with Gasteiger partial charge in [-0.15, -0.1) is 0 Å². The Bertz CT molecular complexity index is 336. The van der Waals surface area contributed by atoms with Gasteiger partial charge in [0, 0.05) is 0 Å². The van der Waals surface area contributed by atoms with Gasteiger partial charge in [-0.1, -0.05) is 19.6 Å². The second-order valence-corrected chi connectivity index (χ2v) is 7.44. The third kappa shape index (κ3) is 2.59. The molecule has 19 heavy (non-hydrogen) atoms. The van der Waals surface area contributed by atoms with Crippen LogP contribution in [0.25, 0.3) is 0 Å². The summed E-state index contributed by atoms with van der Waals surface area (Å²) in [5.41, 5.74) is 0.474. The Morgan fingerprint density at radius 3 is 2.26 bits per heavy atom. The van der Waals surface area contributed by atoms with Crippen LogP contribution < -0.4 is 0 Å². The normalized spacial score (nSPS) is 41.0. The van der Waals surface area contributed by atoms with Crippen molar-refractivity contribution in [1.82, 2.24) is 0 Å². The molecule has 0 N–H and O–H groups in total. The van der Waals surface area contributed by atoms with Crippen LogP contribution >= 0.6 is 0 Å². The number of carbonyl (C=O) groups excluding carboxylic acids is 1. The molecule has 1 atom stereocenters. The Kier molecular flexibility index (Phi) is 3.44. The van der Waals surface area contributed by atoms with Crippen molar-refractivity contribution in [3.63, 3.8) is 0 Å². The van der Waals surface area contributed by atoms with Crippen LogP contribution in [0.4, 0.5) is 0 Å². The van der Waals surface area contributed by atoms with Gasteiger partial charge in [0.1, 0.15) is 6.61 Å². The summed E-state index contributed by atoms with van der Waals surface area (Å²) in [7, 11) is 0. The average molecular weight is 262 g/mol. The molecule has 4 fully saturated rings. The maximum atomic E-state index is 12.0. The molecule has 0 aromatic carbocycles. The molecule has 2 heteroatoms. The van der Waals surface area contributed by atoms with Gasteiger partial charge in [-0.05, 0) is 68.1 Å². The molecule has 0 spiro atoms. The summed E-state index contributed by atoms with van der Waals surface area (Å²) in [6.45, 7) is 5.99. The van der Waals surface area contributed by atoms with Crippen LogP contribution in [0.3, 0.4) is 0 Å². The van der Waals surface area contributed by atoms with E-state index in [9.17, 15) is 4.79 Å². The third-order valence-electron chi connectivity index (χ3n) is 5.65. The van der Waals surface area contributed by atoms with Crippen molar-refractivity contribution in [2.45, 2.75) is 51.9 Å². The lowest BCUT2D eigenvalue weighted by Gasteiger charge is -2.57. The van der Waals surface area contributed by atoms with Crippen molar-refractivity contribution < 1.29 is 9.53 Å². The first kappa shape index (κ1) is 13.2. The van der Waals surface area contributed by atoms with Gasteiger partial charge in [0.2, 0.25) is 0 Å². The number of hydrogen-bond donors (Lipinski definition) is 0. The number of rotatable bonds is 5. The van der Waals surface area contributed by atoms with E-state index in [2.05, 4.69) is 6.58 Å². The molecule has 0 saturated heterocycles. The Morgan fingerprint density at radius 2 is 1.79 bits per heavy atom. The molecule has 0 aliphatic heterocycles. The molecule has 0 aromatic rings. The number of esters is 1. The van der Waals surface area contributed by atoms with E-state index in [0.29, 0.717) is 12.0 Å². The summed E-state index contributed by atoms with van der Waals surface area (Å²) in [6.07, 6.45) is 11.2. The van der Waals surface area contributed by atoms with Crippen LogP contribution in [0, 0.1) is 29.1 Å². The summed E-state index contributed by atoms with van der Waals surface area (Å²) < 4.78 is 5.21. The first-order valence-electron chi connectivity index (χ1n) is 7.88. The summed E-state index contributed by atoms with van der Waals surface area (Å²) in [5.74, 6) is 2.90. The van der Waals surface area contributed by atoms with E-state index in [1.165, 1.54) is 38.5 Å². The zero-order valence-electron chi connectivity index (χ0n) is 12.1. The second kappa shape index (κ2) is 4.96. The molecule has 0 aromatic heterocycles. The highest BCUT2D eigenvalue weighted by molar-refractivity contribution is 5.72. The number of hydrogen-bond acceptors (Lipinski definition) is 2. The van der Waals surface area contributed by atoms with Gasteiger partial charge in [-0.25, -0.2) is 0 Å². The van der Waals surface area contributed by atoms with Crippen molar-refractivity contribution in [2.75, 3.05) is 6.61 Å². The van der Waals surface area contributed by atoms with Gasteiger partial charge >= 0.3 is 5.97 Å². The summed E-state index contributed by atoms with van der Waals surface area (Å²) in [4.78, 5) is 12.0. The molecular formula is C17H26O2. The van der Waals surface area contributed by atoms with Crippen molar-refractivity contribution in [1.29, 1.82) is 0 Å².